The van der Waals surface area contributed by atoms with E-state index in [2.05, 4.69) is 9.97 Å². The molecule has 0 saturated heterocycles. The molecule has 2 rings (SSSR count). The average molecular weight is 233 g/mol. The molecule has 0 unspecified atom stereocenters. The summed E-state index contributed by atoms with van der Waals surface area (Å²) in [7, 11) is 3.43. The maximum atomic E-state index is 10.8. The SMILES string of the molecule is CN(C)c1nc(-n2ccnc2)ccc1[N+](=O)[O-]. The molecular weight excluding hydrogens is 222 g/mol. The number of imidazole rings is 1. The zero-order chi connectivity index (χ0) is 12.4. The van der Waals surface area contributed by atoms with Gasteiger partial charge in [-0.15, -0.1) is 0 Å². The van der Waals surface area contributed by atoms with Gasteiger partial charge in [-0.1, -0.05) is 0 Å². The fourth-order valence-electron chi connectivity index (χ4n) is 1.44. The molecule has 0 atom stereocenters. The number of rotatable bonds is 3. The van der Waals surface area contributed by atoms with Gasteiger partial charge in [-0.2, -0.15) is 0 Å². The minimum atomic E-state index is -0.444. The second-order valence-electron chi connectivity index (χ2n) is 3.63. The summed E-state index contributed by atoms with van der Waals surface area (Å²) in [4.78, 5) is 20.2. The lowest BCUT2D eigenvalue weighted by Crippen LogP contribution is -2.14. The predicted octanol–water partition coefficient (Wildman–Crippen LogP) is 1.24. The number of anilines is 1. The fraction of sp³-hybridized carbons (Fsp3) is 0.200. The summed E-state index contributed by atoms with van der Waals surface area (Å²) < 4.78 is 1.69. The molecule has 0 saturated carbocycles. The molecule has 0 radical (unpaired) electrons. The molecule has 2 aromatic rings. The van der Waals surface area contributed by atoms with Gasteiger partial charge in [0.2, 0.25) is 5.82 Å². The molecular formula is C10H11N5O2. The van der Waals surface area contributed by atoms with Crippen molar-refractivity contribution in [2.45, 2.75) is 0 Å². The van der Waals surface area contributed by atoms with E-state index in [0.29, 0.717) is 11.6 Å². The van der Waals surface area contributed by atoms with Crippen molar-refractivity contribution in [1.29, 1.82) is 0 Å². The van der Waals surface area contributed by atoms with Crippen LogP contribution in [-0.2, 0) is 0 Å². The number of pyridine rings is 1. The molecule has 0 aromatic carbocycles. The number of aromatic nitrogens is 3. The minimum Gasteiger partial charge on any atom is -0.357 e. The summed E-state index contributed by atoms with van der Waals surface area (Å²) in [5.74, 6) is 0.915. The third kappa shape index (κ3) is 2.07. The third-order valence-electron chi connectivity index (χ3n) is 2.23. The smallest absolute Gasteiger partial charge is 0.311 e. The lowest BCUT2D eigenvalue weighted by atomic mass is 10.3. The molecule has 2 heterocycles. The fourth-order valence-corrected chi connectivity index (χ4v) is 1.44. The van der Waals surface area contributed by atoms with Crippen molar-refractivity contribution >= 4 is 11.5 Å². The molecule has 2 aromatic heterocycles. The predicted molar refractivity (Wildman–Crippen MR) is 62.3 cm³/mol. The Balaban J connectivity index is 2.53. The topological polar surface area (TPSA) is 77.1 Å². The highest BCUT2D eigenvalue weighted by molar-refractivity contribution is 5.58. The molecule has 88 valence electrons. The lowest BCUT2D eigenvalue weighted by molar-refractivity contribution is -0.384. The van der Waals surface area contributed by atoms with E-state index in [0.717, 1.165) is 0 Å². The van der Waals surface area contributed by atoms with Gasteiger partial charge in [0.25, 0.3) is 0 Å². The normalized spacial score (nSPS) is 10.2. The molecule has 7 nitrogen and oxygen atoms in total. The van der Waals surface area contributed by atoms with Gasteiger partial charge in [0.15, 0.2) is 0 Å². The number of hydrogen-bond acceptors (Lipinski definition) is 5. The Kier molecular flexibility index (Phi) is 2.73. The van der Waals surface area contributed by atoms with Crippen molar-refractivity contribution in [2.24, 2.45) is 0 Å². The molecule has 0 aliphatic heterocycles. The van der Waals surface area contributed by atoms with E-state index in [9.17, 15) is 10.1 Å². The van der Waals surface area contributed by atoms with E-state index in [-0.39, 0.29) is 5.69 Å². The Labute approximate surface area is 97.5 Å². The van der Waals surface area contributed by atoms with E-state index >= 15 is 0 Å². The first kappa shape index (κ1) is 11.1. The maximum Gasteiger partial charge on any atom is 0.311 e. The van der Waals surface area contributed by atoms with Crippen molar-refractivity contribution in [2.75, 3.05) is 19.0 Å². The van der Waals surface area contributed by atoms with Gasteiger partial charge < -0.3 is 4.90 Å². The summed E-state index contributed by atoms with van der Waals surface area (Å²) in [6.07, 6.45) is 4.94. The highest BCUT2D eigenvalue weighted by Crippen LogP contribution is 2.25. The van der Waals surface area contributed by atoms with Crippen molar-refractivity contribution in [3.8, 4) is 5.82 Å². The molecule has 17 heavy (non-hydrogen) atoms. The standard InChI is InChI=1S/C10H11N5O2/c1-13(2)10-8(15(16)17)3-4-9(12-10)14-6-5-11-7-14/h3-7H,1-2H3. The molecule has 0 N–H and O–H groups in total. The second kappa shape index (κ2) is 4.20. The molecule has 0 amide bonds. The summed E-state index contributed by atoms with van der Waals surface area (Å²) in [5.41, 5.74) is -0.0149. The van der Waals surface area contributed by atoms with Gasteiger partial charge in [-0.3, -0.25) is 14.7 Å². The summed E-state index contributed by atoms with van der Waals surface area (Å²) in [5, 5.41) is 10.8. The van der Waals surface area contributed by atoms with Gasteiger partial charge >= 0.3 is 5.69 Å². The van der Waals surface area contributed by atoms with Crippen LogP contribution >= 0.6 is 0 Å². The van der Waals surface area contributed by atoms with Crippen LogP contribution in [0.1, 0.15) is 0 Å². The van der Waals surface area contributed by atoms with Crippen molar-refractivity contribution in [3.05, 3.63) is 41.0 Å². The van der Waals surface area contributed by atoms with Crippen LogP contribution in [0.25, 0.3) is 5.82 Å². The summed E-state index contributed by atoms with van der Waals surface area (Å²) in [6.45, 7) is 0. The monoisotopic (exact) mass is 233 g/mol. The first-order chi connectivity index (χ1) is 8.09. The Morgan fingerprint density at radius 2 is 2.18 bits per heavy atom. The summed E-state index contributed by atoms with van der Waals surface area (Å²) >= 11 is 0. The van der Waals surface area contributed by atoms with E-state index in [1.54, 1.807) is 48.3 Å². The van der Waals surface area contributed by atoms with Gasteiger partial charge in [-0.05, 0) is 6.07 Å². The maximum absolute atomic E-state index is 10.8. The Morgan fingerprint density at radius 1 is 1.41 bits per heavy atom. The highest BCUT2D eigenvalue weighted by Gasteiger charge is 2.17. The van der Waals surface area contributed by atoms with Crippen LogP contribution in [0.2, 0.25) is 0 Å². The quantitative estimate of drug-likeness (QED) is 0.588. The van der Waals surface area contributed by atoms with E-state index in [4.69, 9.17) is 0 Å². The van der Waals surface area contributed by atoms with Gasteiger partial charge in [0.1, 0.15) is 12.1 Å². The van der Waals surface area contributed by atoms with Crippen molar-refractivity contribution in [1.82, 2.24) is 14.5 Å². The highest BCUT2D eigenvalue weighted by atomic mass is 16.6. The average Bonchev–Trinajstić information content (AvgIpc) is 2.81. The molecule has 0 aliphatic carbocycles. The molecule has 0 bridgehead atoms. The van der Waals surface area contributed by atoms with E-state index in [1.807, 2.05) is 0 Å². The number of nitro groups is 1. The Morgan fingerprint density at radius 3 is 2.71 bits per heavy atom. The molecule has 0 spiro atoms. The van der Waals surface area contributed by atoms with Crippen LogP contribution in [0.15, 0.2) is 30.9 Å². The van der Waals surface area contributed by atoms with Gasteiger partial charge in [0, 0.05) is 32.6 Å². The van der Waals surface area contributed by atoms with Gasteiger partial charge in [-0.25, -0.2) is 9.97 Å². The van der Waals surface area contributed by atoms with Crippen molar-refractivity contribution < 1.29 is 4.92 Å². The van der Waals surface area contributed by atoms with Crippen LogP contribution in [0.5, 0.6) is 0 Å². The first-order valence-electron chi connectivity index (χ1n) is 4.90. The molecule has 7 heteroatoms. The Hall–Kier alpha value is -2.44. The van der Waals surface area contributed by atoms with Crippen LogP contribution in [0.3, 0.4) is 0 Å². The molecule has 0 aliphatic rings. The number of hydrogen-bond donors (Lipinski definition) is 0. The summed E-state index contributed by atoms with van der Waals surface area (Å²) in [6, 6.07) is 3.03. The number of nitrogens with zero attached hydrogens (tertiary/aromatic N) is 5. The Bertz CT molecular complexity index is 536. The van der Waals surface area contributed by atoms with Crippen molar-refractivity contribution in [3.63, 3.8) is 0 Å². The molecule has 0 fully saturated rings. The zero-order valence-electron chi connectivity index (χ0n) is 9.44. The third-order valence-corrected chi connectivity index (χ3v) is 2.23. The largest absolute Gasteiger partial charge is 0.357 e. The van der Waals surface area contributed by atoms with Crippen LogP contribution < -0.4 is 4.90 Å². The zero-order valence-corrected chi connectivity index (χ0v) is 9.44. The first-order valence-corrected chi connectivity index (χ1v) is 4.90. The van der Waals surface area contributed by atoms with Crippen LogP contribution in [-0.4, -0.2) is 33.6 Å². The second-order valence-corrected chi connectivity index (χ2v) is 3.63. The van der Waals surface area contributed by atoms with E-state index < -0.39 is 4.92 Å². The van der Waals surface area contributed by atoms with Gasteiger partial charge in [0.05, 0.1) is 4.92 Å². The van der Waals surface area contributed by atoms with Crippen LogP contribution in [0, 0.1) is 10.1 Å². The van der Waals surface area contributed by atoms with E-state index in [1.165, 1.54) is 6.07 Å². The minimum absolute atomic E-state index is 0.0149. The lowest BCUT2D eigenvalue weighted by Gasteiger charge is -2.12. The van der Waals surface area contributed by atoms with Crippen LogP contribution in [0.4, 0.5) is 11.5 Å².